The van der Waals surface area contributed by atoms with Gasteiger partial charge in [-0.3, -0.25) is 0 Å². The normalized spacial score (nSPS) is 18.9. The van der Waals surface area contributed by atoms with Crippen molar-refractivity contribution < 1.29 is 4.74 Å². The van der Waals surface area contributed by atoms with E-state index in [4.69, 9.17) is 27.1 Å². The first-order valence-electron chi connectivity index (χ1n) is 7.06. The monoisotopic (exact) mass is 293 g/mol. The Hall–Kier alpha value is -1.10. The van der Waals surface area contributed by atoms with Gasteiger partial charge in [0.25, 0.3) is 0 Å². The third kappa shape index (κ3) is 2.22. The Balaban J connectivity index is 2.21. The van der Waals surface area contributed by atoms with Crippen molar-refractivity contribution in [1.29, 1.82) is 0 Å². The molecule has 1 aliphatic rings. The molecule has 4 nitrogen and oxygen atoms in total. The van der Waals surface area contributed by atoms with E-state index in [0.29, 0.717) is 24.3 Å². The topological polar surface area (TPSA) is 53.1 Å². The first kappa shape index (κ1) is 13.9. The molecule has 1 aromatic carbocycles. The molecule has 0 amide bonds. The van der Waals surface area contributed by atoms with E-state index in [0.717, 1.165) is 29.7 Å². The van der Waals surface area contributed by atoms with Gasteiger partial charge in [0.05, 0.1) is 16.6 Å². The van der Waals surface area contributed by atoms with Crippen LogP contribution in [-0.4, -0.2) is 22.8 Å². The standard InChI is InChI=1S/C15H20ClN3O/c1-10(2)19-13-4-3-11(16)9-12(13)18-14(19)15(17)5-7-20-8-6-15/h3-4,9-10H,5-8,17H2,1-2H3. The van der Waals surface area contributed by atoms with Crippen molar-refractivity contribution in [2.24, 2.45) is 5.73 Å². The highest BCUT2D eigenvalue weighted by molar-refractivity contribution is 6.31. The Morgan fingerprint density at radius 3 is 2.70 bits per heavy atom. The Morgan fingerprint density at radius 1 is 1.35 bits per heavy atom. The van der Waals surface area contributed by atoms with Gasteiger partial charge in [-0.2, -0.15) is 0 Å². The lowest BCUT2D eigenvalue weighted by atomic mass is 9.90. The number of nitrogens with two attached hydrogens (primary N) is 1. The highest BCUT2D eigenvalue weighted by Gasteiger charge is 2.35. The quantitative estimate of drug-likeness (QED) is 0.925. The van der Waals surface area contributed by atoms with Crippen LogP contribution in [-0.2, 0) is 10.3 Å². The molecule has 0 spiro atoms. The van der Waals surface area contributed by atoms with Crippen LogP contribution in [0.3, 0.4) is 0 Å². The summed E-state index contributed by atoms with van der Waals surface area (Å²) in [7, 11) is 0. The highest BCUT2D eigenvalue weighted by atomic mass is 35.5. The zero-order chi connectivity index (χ0) is 14.3. The summed E-state index contributed by atoms with van der Waals surface area (Å²) in [5.74, 6) is 0.952. The maximum atomic E-state index is 6.62. The van der Waals surface area contributed by atoms with Gasteiger partial charge < -0.3 is 15.0 Å². The Labute approximate surface area is 123 Å². The molecule has 2 heterocycles. The van der Waals surface area contributed by atoms with Crippen molar-refractivity contribution >= 4 is 22.6 Å². The maximum absolute atomic E-state index is 6.62. The van der Waals surface area contributed by atoms with Crippen LogP contribution in [0.25, 0.3) is 11.0 Å². The van der Waals surface area contributed by atoms with Crippen molar-refractivity contribution in [3.05, 3.63) is 29.0 Å². The van der Waals surface area contributed by atoms with Gasteiger partial charge in [-0.1, -0.05) is 11.6 Å². The molecule has 1 aliphatic heterocycles. The fourth-order valence-corrected chi connectivity index (χ4v) is 3.07. The van der Waals surface area contributed by atoms with Crippen molar-refractivity contribution in [2.75, 3.05) is 13.2 Å². The first-order chi connectivity index (χ1) is 9.51. The van der Waals surface area contributed by atoms with Crippen LogP contribution in [0.2, 0.25) is 5.02 Å². The molecule has 108 valence electrons. The van der Waals surface area contributed by atoms with Gasteiger partial charge in [0.1, 0.15) is 5.82 Å². The summed E-state index contributed by atoms with van der Waals surface area (Å²) in [6.45, 7) is 5.70. The van der Waals surface area contributed by atoms with Crippen LogP contribution in [0.15, 0.2) is 18.2 Å². The summed E-state index contributed by atoms with van der Waals surface area (Å²) >= 11 is 6.08. The number of nitrogens with zero attached hydrogens (tertiary/aromatic N) is 2. The van der Waals surface area contributed by atoms with E-state index in [1.165, 1.54) is 0 Å². The average molecular weight is 294 g/mol. The van der Waals surface area contributed by atoms with Crippen molar-refractivity contribution in [3.63, 3.8) is 0 Å². The summed E-state index contributed by atoms with van der Waals surface area (Å²) in [6.07, 6.45) is 1.60. The summed E-state index contributed by atoms with van der Waals surface area (Å²) in [4.78, 5) is 4.79. The van der Waals surface area contributed by atoms with Crippen LogP contribution < -0.4 is 5.73 Å². The van der Waals surface area contributed by atoms with Crippen LogP contribution in [0, 0.1) is 0 Å². The molecule has 1 saturated heterocycles. The molecular formula is C15H20ClN3O. The second kappa shape index (κ2) is 5.02. The van der Waals surface area contributed by atoms with Crippen LogP contribution in [0.4, 0.5) is 0 Å². The van der Waals surface area contributed by atoms with Crippen molar-refractivity contribution in [3.8, 4) is 0 Å². The minimum atomic E-state index is -0.409. The summed E-state index contributed by atoms with van der Waals surface area (Å²) in [6, 6.07) is 6.14. The molecule has 0 unspecified atom stereocenters. The molecule has 2 aromatic rings. The maximum Gasteiger partial charge on any atom is 0.130 e. The van der Waals surface area contributed by atoms with Crippen LogP contribution in [0.1, 0.15) is 38.6 Å². The molecule has 0 bridgehead atoms. The zero-order valence-electron chi connectivity index (χ0n) is 11.9. The minimum Gasteiger partial charge on any atom is -0.381 e. The molecule has 0 radical (unpaired) electrons. The third-order valence-electron chi connectivity index (χ3n) is 4.00. The van der Waals surface area contributed by atoms with Gasteiger partial charge in [-0.15, -0.1) is 0 Å². The van der Waals surface area contributed by atoms with Crippen molar-refractivity contribution in [1.82, 2.24) is 9.55 Å². The van der Waals surface area contributed by atoms with Gasteiger partial charge >= 0.3 is 0 Å². The zero-order valence-corrected chi connectivity index (χ0v) is 12.7. The van der Waals surface area contributed by atoms with E-state index < -0.39 is 5.54 Å². The number of ether oxygens (including phenoxy) is 1. The Bertz CT molecular complexity index is 629. The molecule has 2 N–H and O–H groups in total. The van der Waals surface area contributed by atoms with Gasteiger partial charge in [0, 0.05) is 24.3 Å². The molecule has 5 heteroatoms. The molecule has 0 atom stereocenters. The smallest absolute Gasteiger partial charge is 0.130 e. The molecule has 0 aliphatic carbocycles. The first-order valence-corrected chi connectivity index (χ1v) is 7.44. The molecule has 0 saturated carbocycles. The van der Waals surface area contributed by atoms with E-state index in [2.05, 4.69) is 18.4 Å². The largest absolute Gasteiger partial charge is 0.381 e. The fourth-order valence-electron chi connectivity index (χ4n) is 2.91. The summed E-state index contributed by atoms with van der Waals surface area (Å²) in [5, 5.41) is 0.704. The molecule has 1 aromatic heterocycles. The number of hydrogen-bond acceptors (Lipinski definition) is 3. The Kier molecular flexibility index (Phi) is 3.48. The van der Waals surface area contributed by atoms with E-state index in [1.54, 1.807) is 0 Å². The fraction of sp³-hybridized carbons (Fsp3) is 0.533. The van der Waals surface area contributed by atoms with Gasteiger partial charge in [-0.25, -0.2) is 4.98 Å². The number of hydrogen-bond donors (Lipinski definition) is 1. The second-order valence-electron chi connectivity index (χ2n) is 5.80. The summed E-state index contributed by atoms with van der Waals surface area (Å²) < 4.78 is 7.67. The molecule has 1 fully saturated rings. The van der Waals surface area contributed by atoms with Crippen LogP contribution >= 0.6 is 11.6 Å². The molecular weight excluding hydrogens is 274 g/mol. The third-order valence-corrected chi connectivity index (χ3v) is 4.23. The number of fused-ring (bicyclic) bond motifs is 1. The lowest BCUT2D eigenvalue weighted by Crippen LogP contribution is -2.44. The van der Waals surface area contributed by atoms with E-state index in [1.807, 2.05) is 18.2 Å². The molecule has 20 heavy (non-hydrogen) atoms. The SMILES string of the molecule is CC(C)n1c(C2(N)CCOCC2)nc2cc(Cl)ccc21. The van der Waals surface area contributed by atoms with Crippen molar-refractivity contribution in [2.45, 2.75) is 38.3 Å². The predicted molar refractivity (Wildman–Crippen MR) is 81.0 cm³/mol. The number of halogens is 1. The van der Waals surface area contributed by atoms with Gasteiger partial charge in [0.2, 0.25) is 0 Å². The predicted octanol–water partition coefficient (Wildman–Crippen LogP) is 3.24. The second-order valence-corrected chi connectivity index (χ2v) is 6.24. The molecule has 3 rings (SSSR count). The average Bonchev–Trinajstić information content (AvgIpc) is 2.78. The van der Waals surface area contributed by atoms with E-state index in [9.17, 15) is 0 Å². The number of imidazole rings is 1. The lowest BCUT2D eigenvalue weighted by molar-refractivity contribution is 0.0477. The van der Waals surface area contributed by atoms with E-state index >= 15 is 0 Å². The lowest BCUT2D eigenvalue weighted by Gasteiger charge is -2.34. The Morgan fingerprint density at radius 2 is 2.05 bits per heavy atom. The minimum absolute atomic E-state index is 0.305. The highest BCUT2D eigenvalue weighted by Crippen LogP contribution is 2.34. The number of rotatable bonds is 2. The number of benzene rings is 1. The van der Waals surface area contributed by atoms with E-state index in [-0.39, 0.29) is 0 Å². The van der Waals surface area contributed by atoms with Crippen LogP contribution in [0.5, 0.6) is 0 Å². The van der Waals surface area contributed by atoms with Gasteiger partial charge in [0.15, 0.2) is 0 Å². The number of aromatic nitrogens is 2. The van der Waals surface area contributed by atoms with Gasteiger partial charge in [-0.05, 0) is 44.9 Å². The summed E-state index contributed by atoms with van der Waals surface area (Å²) in [5.41, 5.74) is 8.22.